The highest BCUT2D eigenvalue weighted by Gasteiger charge is 2.05. The molecule has 8 heteroatoms. The summed E-state index contributed by atoms with van der Waals surface area (Å²) < 4.78 is 0. The first-order valence-electron chi connectivity index (χ1n) is 3.19. The van der Waals surface area contributed by atoms with Crippen molar-refractivity contribution in [2.75, 3.05) is 13.1 Å². The fourth-order valence-electron chi connectivity index (χ4n) is 0.431. The number of rotatable bonds is 4. The van der Waals surface area contributed by atoms with Crippen molar-refractivity contribution < 1.29 is 24.3 Å². The molecule has 5 N–H and O–H groups in total. The predicted molar refractivity (Wildman–Crippen MR) is 39.3 cm³/mol. The van der Waals surface area contributed by atoms with Crippen LogP contribution < -0.4 is 16.5 Å². The number of aliphatic carboxylic acids is 1. The van der Waals surface area contributed by atoms with Crippen molar-refractivity contribution in [3.8, 4) is 0 Å². The van der Waals surface area contributed by atoms with Crippen molar-refractivity contribution in [1.82, 2.24) is 10.6 Å². The van der Waals surface area contributed by atoms with Crippen molar-refractivity contribution in [2.45, 2.75) is 0 Å². The number of carbonyl (C=O) groups excluding carboxylic acids is 2. The van der Waals surface area contributed by atoms with Crippen LogP contribution in [0.25, 0.3) is 0 Å². The number of nitrogens with one attached hydrogen (secondary N) is 2. The van der Waals surface area contributed by atoms with Gasteiger partial charge >= 0.3 is 12.1 Å². The molecule has 0 saturated carbocycles. The zero-order chi connectivity index (χ0) is 10.3. The van der Waals surface area contributed by atoms with Gasteiger partial charge in [0.25, 0.3) is 0 Å². The maximum Gasteiger partial charge on any atom is 0.426 e. The van der Waals surface area contributed by atoms with Crippen molar-refractivity contribution in [3.05, 3.63) is 0 Å². The quantitative estimate of drug-likeness (QED) is 0.372. The smallest absolute Gasteiger partial charge is 0.426 e. The molecule has 0 aliphatic carbocycles. The molecule has 8 nitrogen and oxygen atoms in total. The Balaban J connectivity index is 3.52. The largest absolute Gasteiger partial charge is 0.480 e. The van der Waals surface area contributed by atoms with Gasteiger partial charge in [0.05, 0.1) is 0 Å². The second-order valence-corrected chi connectivity index (χ2v) is 1.93. The lowest BCUT2D eigenvalue weighted by molar-refractivity contribution is -0.137. The van der Waals surface area contributed by atoms with Gasteiger partial charge in [0.15, 0.2) is 0 Å². The molecule has 0 atom stereocenters. The summed E-state index contributed by atoms with van der Waals surface area (Å²) in [5, 5.41) is 12.1. The first-order valence-corrected chi connectivity index (χ1v) is 3.19. The van der Waals surface area contributed by atoms with E-state index in [1.165, 1.54) is 0 Å². The van der Waals surface area contributed by atoms with Crippen LogP contribution in [-0.2, 0) is 14.4 Å². The predicted octanol–water partition coefficient (Wildman–Crippen LogP) is -2.21. The van der Waals surface area contributed by atoms with Gasteiger partial charge in [-0.3, -0.25) is 9.59 Å². The molecule has 0 saturated heterocycles. The maximum absolute atomic E-state index is 10.7. The number of carboxylic acid groups (broad SMARTS) is 1. The highest BCUT2D eigenvalue weighted by molar-refractivity contribution is 5.84. The van der Waals surface area contributed by atoms with Crippen LogP contribution in [0.5, 0.6) is 0 Å². The molecule has 0 spiro atoms. The summed E-state index contributed by atoms with van der Waals surface area (Å²) in [6, 6.07) is 0. The molecule has 0 heterocycles. The van der Waals surface area contributed by atoms with Gasteiger partial charge < -0.3 is 20.6 Å². The lowest BCUT2D eigenvalue weighted by Gasteiger charge is -2.02. The number of carbonyl (C=O) groups is 3. The Bertz CT molecular complexity index is 216. The van der Waals surface area contributed by atoms with Crippen LogP contribution in [0.4, 0.5) is 4.79 Å². The average molecular weight is 191 g/mol. The monoisotopic (exact) mass is 191 g/mol. The summed E-state index contributed by atoms with van der Waals surface area (Å²) in [5.41, 5.74) is 0. The number of carboxylic acids is 1. The Labute approximate surface area is 73.0 Å². The van der Waals surface area contributed by atoms with Gasteiger partial charge in [0.2, 0.25) is 5.91 Å². The SMILES string of the molecule is NOC(=O)NCC(=O)NCC(=O)O. The lowest BCUT2D eigenvalue weighted by atomic mass is 10.5. The zero-order valence-corrected chi connectivity index (χ0v) is 6.57. The third kappa shape index (κ3) is 6.56. The molecule has 0 rings (SSSR count). The van der Waals surface area contributed by atoms with E-state index in [0.29, 0.717) is 0 Å². The summed E-state index contributed by atoms with van der Waals surface area (Å²) in [6.45, 7) is -0.887. The van der Waals surface area contributed by atoms with Crippen molar-refractivity contribution in [2.24, 2.45) is 5.90 Å². The fourth-order valence-corrected chi connectivity index (χ4v) is 0.431. The molecule has 0 radical (unpaired) electrons. The van der Waals surface area contributed by atoms with E-state index in [-0.39, 0.29) is 6.54 Å². The molecular weight excluding hydrogens is 182 g/mol. The molecule has 0 aromatic heterocycles. The lowest BCUT2D eigenvalue weighted by Crippen LogP contribution is -2.39. The molecule has 0 aromatic rings. The van der Waals surface area contributed by atoms with Crippen molar-refractivity contribution in [1.29, 1.82) is 0 Å². The minimum absolute atomic E-state index is 0.386. The molecule has 0 bridgehead atoms. The number of hydrogen-bond donors (Lipinski definition) is 4. The summed E-state index contributed by atoms with van der Waals surface area (Å²) in [4.78, 5) is 34.6. The minimum atomic E-state index is -1.17. The molecule has 0 unspecified atom stereocenters. The van der Waals surface area contributed by atoms with Gasteiger partial charge in [-0.15, -0.1) is 0 Å². The van der Waals surface area contributed by atoms with Gasteiger partial charge in [-0.1, -0.05) is 0 Å². The average Bonchev–Trinajstić information content (AvgIpc) is 2.10. The first kappa shape index (κ1) is 11.2. The molecule has 2 amide bonds. The molecule has 0 fully saturated rings. The Kier molecular flexibility index (Phi) is 4.96. The Morgan fingerprint density at radius 2 is 1.85 bits per heavy atom. The van der Waals surface area contributed by atoms with Crippen LogP contribution in [0.3, 0.4) is 0 Å². The van der Waals surface area contributed by atoms with Gasteiger partial charge in [-0.05, 0) is 0 Å². The summed E-state index contributed by atoms with van der Waals surface area (Å²) >= 11 is 0. The highest BCUT2D eigenvalue weighted by atomic mass is 16.7. The topological polar surface area (TPSA) is 131 Å². The van der Waals surface area contributed by atoms with Gasteiger partial charge in [0.1, 0.15) is 13.1 Å². The van der Waals surface area contributed by atoms with Crippen molar-refractivity contribution >= 4 is 18.0 Å². The van der Waals surface area contributed by atoms with E-state index >= 15 is 0 Å². The molecule has 0 aromatic carbocycles. The van der Waals surface area contributed by atoms with Gasteiger partial charge in [-0.25, -0.2) is 4.79 Å². The van der Waals surface area contributed by atoms with Crippen LogP contribution in [-0.4, -0.2) is 36.2 Å². The molecular formula is C5H9N3O5. The summed E-state index contributed by atoms with van der Waals surface area (Å²) in [6.07, 6.45) is -0.967. The van der Waals surface area contributed by atoms with E-state index in [0.717, 1.165) is 0 Å². The van der Waals surface area contributed by atoms with Crippen molar-refractivity contribution in [3.63, 3.8) is 0 Å². The van der Waals surface area contributed by atoms with Crippen LogP contribution in [0, 0.1) is 0 Å². The summed E-state index contributed by atoms with van der Waals surface area (Å²) in [5.74, 6) is 2.63. The molecule has 0 aliphatic rings. The van der Waals surface area contributed by atoms with E-state index < -0.39 is 24.5 Å². The van der Waals surface area contributed by atoms with E-state index in [4.69, 9.17) is 5.11 Å². The second kappa shape index (κ2) is 5.77. The second-order valence-electron chi connectivity index (χ2n) is 1.93. The van der Waals surface area contributed by atoms with Crippen LogP contribution in [0.15, 0.2) is 0 Å². The molecule has 13 heavy (non-hydrogen) atoms. The van der Waals surface area contributed by atoms with Gasteiger partial charge in [0, 0.05) is 0 Å². The van der Waals surface area contributed by atoms with Crippen LogP contribution in [0.2, 0.25) is 0 Å². The third-order valence-corrected chi connectivity index (χ3v) is 0.937. The number of hydrogen-bond acceptors (Lipinski definition) is 5. The normalized spacial score (nSPS) is 8.69. The summed E-state index contributed by atoms with van der Waals surface area (Å²) in [7, 11) is 0. The maximum atomic E-state index is 10.7. The molecule has 0 aliphatic heterocycles. The van der Waals surface area contributed by atoms with E-state index in [1.807, 2.05) is 10.6 Å². The number of nitrogens with two attached hydrogens (primary N) is 1. The first-order chi connectivity index (χ1) is 6.06. The Morgan fingerprint density at radius 1 is 1.23 bits per heavy atom. The standard InChI is InChI=1S/C5H9N3O5/c6-13-5(12)8-1-3(9)7-2-4(10)11/h1-2,6H2,(H,7,9)(H,8,12)(H,10,11). The highest BCUT2D eigenvalue weighted by Crippen LogP contribution is 1.69. The third-order valence-electron chi connectivity index (χ3n) is 0.937. The van der Waals surface area contributed by atoms with Crippen LogP contribution >= 0.6 is 0 Å². The van der Waals surface area contributed by atoms with E-state index in [2.05, 4.69) is 10.7 Å². The number of amides is 2. The van der Waals surface area contributed by atoms with E-state index in [9.17, 15) is 14.4 Å². The van der Waals surface area contributed by atoms with E-state index in [1.54, 1.807) is 0 Å². The zero-order valence-electron chi connectivity index (χ0n) is 6.57. The minimum Gasteiger partial charge on any atom is -0.480 e. The Morgan fingerprint density at radius 3 is 2.31 bits per heavy atom. The van der Waals surface area contributed by atoms with Crippen LogP contribution in [0.1, 0.15) is 0 Å². The fraction of sp³-hybridized carbons (Fsp3) is 0.400. The van der Waals surface area contributed by atoms with Gasteiger partial charge in [-0.2, -0.15) is 5.90 Å². The Hall–Kier alpha value is -1.83. The molecule has 74 valence electrons.